The minimum absolute atomic E-state index is 0.00642. The zero-order valence-corrected chi connectivity index (χ0v) is 16.8. The van der Waals surface area contributed by atoms with E-state index in [0.717, 1.165) is 5.01 Å². The van der Waals surface area contributed by atoms with Crippen LogP contribution in [0, 0.1) is 5.82 Å². The second-order valence-corrected chi connectivity index (χ2v) is 6.94. The van der Waals surface area contributed by atoms with Crippen LogP contribution in [-0.4, -0.2) is 33.5 Å². The number of amides is 1. The Morgan fingerprint density at radius 1 is 1.09 bits per heavy atom. The minimum Gasteiger partial charge on any atom is -0.505 e. The first kappa shape index (κ1) is 20.7. The van der Waals surface area contributed by atoms with Gasteiger partial charge in [-0.05, 0) is 48.9 Å². The van der Waals surface area contributed by atoms with Crippen LogP contribution in [0.15, 0.2) is 76.9 Å². The Kier molecular flexibility index (Phi) is 5.38. The molecule has 0 fully saturated rings. The van der Waals surface area contributed by atoms with E-state index in [1.54, 1.807) is 43.3 Å². The van der Waals surface area contributed by atoms with Crippen molar-refractivity contribution in [2.45, 2.75) is 6.92 Å². The number of rotatable bonds is 5. The van der Waals surface area contributed by atoms with E-state index in [4.69, 9.17) is 0 Å². The summed E-state index contributed by atoms with van der Waals surface area (Å²) in [6.07, 6.45) is 0. The third-order valence-electron chi connectivity index (χ3n) is 4.79. The van der Waals surface area contributed by atoms with Crippen LogP contribution in [-0.2, 0) is 4.79 Å². The van der Waals surface area contributed by atoms with E-state index in [9.17, 15) is 24.2 Å². The summed E-state index contributed by atoms with van der Waals surface area (Å²) < 4.78 is 13.5. The number of carbonyl (C=O) groups excluding carboxylic acids is 1. The minimum atomic E-state index is -1.08. The average Bonchev–Trinajstić information content (AvgIpc) is 3.06. The first-order chi connectivity index (χ1) is 15.3. The van der Waals surface area contributed by atoms with Gasteiger partial charge in [-0.25, -0.2) is 9.18 Å². The third-order valence-corrected chi connectivity index (χ3v) is 4.79. The van der Waals surface area contributed by atoms with Crippen LogP contribution in [0.4, 0.5) is 15.8 Å². The van der Waals surface area contributed by atoms with Gasteiger partial charge in [0.1, 0.15) is 11.6 Å². The van der Waals surface area contributed by atoms with Crippen molar-refractivity contribution in [3.8, 4) is 16.9 Å². The van der Waals surface area contributed by atoms with E-state index in [1.807, 2.05) is 0 Å². The Balaban J connectivity index is 1.61. The van der Waals surface area contributed by atoms with E-state index in [1.165, 1.54) is 30.3 Å². The van der Waals surface area contributed by atoms with Crippen LogP contribution >= 0.6 is 0 Å². The molecule has 0 aliphatic carbocycles. The predicted octanol–water partition coefficient (Wildman–Crippen LogP) is 4.09. The Morgan fingerprint density at radius 3 is 2.59 bits per heavy atom. The summed E-state index contributed by atoms with van der Waals surface area (Å²) in [5.41, 5.74) is 4.45. The predicted molar refractivity (Wildman–Crippen MR) is 119 cm³/mol. The van der Waals surface area contributed by atoms with Crippen molar-refractivity contribution >= 4 is 34.7 Å². The molecule has 1 aliphatic rings. The molecule has 32 heavy (non-hydrogen) atoms. The number of nitrogens with one attached hydrogen (secondary N) is 1. The quantitative estimate of drug-likeness (QED) is 0.415. The van der Waals surface area contributed by atoms with Gasteiger partial charge in [0.2, 0.25) is 0 Å². The molecule has 0 aromatic heterocycles. The molecule has 1 heterocycles. The van der Waals surface area contributed by atoms with Crippen molar-refractivity contribution in [2.24, 2.45) is 10.2 Å². The van der Waals surface area contributed by atoms with Crippen molar-refractivity contribution in [1.29, 1.82) is 0 Å². The molecule has 0 saturated heterocycles. The number of para-hydroxylation sites is 1. The van der Waals surface area contributed by atoms with E-state index < -0.39 is 17.7 Å². The maximum Gasteiger partial charge on any atom is 0.335 e. The highest BCUT2D eigenvalue weighted by molar-refractivity contribution is 6.71. The van der Waals surface area contributed by atoms with Crippen molar-refractivity contribution in [2.75, 3.05) is 10.4 Å². The summed E-state index contributed by atoms with van der Waals surface area (Å²) >= 11 is 0. The third kappa shape index (κ3) is 3.91. The molecule has 3 aromatic rings. The number of carboxylic acids is 1. The van der Waals surface area contributed by atoms with Crippen molar-refractivity contribution < 1.29 is 24.2 Å². The van der Waals surface area contributed by atoms with Gasteiger partial charge in [0.25, 0.3) is 0 Å². The summed E-state index contributed by atoms with van der Waals surface area (Å²) in [4.78, 5) is 24.0. The zero-order chi connectivity index (χ0) is 22.8. The van der Waals surface area contributed by atoms with Gasteiger partial charge in [-0.1, -0.05) is 30.3 Å². The number of benzene rings is 3. The summed E-state index contributed by atoms with van der Waals surface area (Å²) in [5.74, 6) is -2.29. The number of hydrogen-bond donors (Lipinski definition) is 3. The van der Waals surface area contributed by atoms with E-state index in [0.29, 0.717) is 16.8 Å². The molecule has 160 valence electrons. The lowest BCUT2D eigenvalue weighted by atomic mass is 10.0. The highest BCUT2D eigenvalue weighted by Gasteiger charge is 2.31. The Hall–Kier alpha value is -4.53. The number of anilines is 2. The van der Waals surface area contributed by atoms with Crippen molar-refractivity contribution in [3.05, 3.63) is 78.1 Å². The first-order valence-electron chi connectivity index (χ1n) is 9.50. The molecular weight excluding hydrogens is 415 g/mol. The van der Waals surface area contributed by atoms with Gasteiger partial charge < -0.3 is 10.2 Å². The molecule has 3 aromatic carbocycles. The second-order valence-electron chi connectivity index (χ2n) is 6.94. The van der Waals surface area contributed by atoms with Crippen molar-refractivity contribution in [1.82, 2.24) is 0 Å². The number of aromatic carboxylic acids is 1. The highest BCUT2D eigenvalue weighted by Crippen LogP contribution is 2.36. The molecule has 0 atom stereocenters. The van der Waals surface area contributed by atoms with Crippen LogP contribution in [0.2, 0.25) is 0 Å². The van der Waals surface area contributed by atoms with Crippen LogP contribution < -0.4 is 10.4 Å². The number of aromatic hydroxyl groups is 1. The molecule has 0 radical (unpaired) electrons. The van der Waals surface area contributed by atoms with E-state index in [-0.39, 0.29) is 28.4 Å². The topological polar surface area (TPSA) is 115 Å². The normalized spacial score (nSPS) is 14.6. The number of phenols is 1. The van der Waals surface area contributed by atoms with Crippen molar-refractivity contribution in [3.63, 3.8) is 0 Å². The number of nitrogens with zero attached hydrogens (tertiary/aromatic N) is 3. The number of halogens is 1. The number of hydrogen-bond acceptors (Lipinski definition) is 6. The maximum absolute atomic E-state index is 13.5. The smallest absolute Gasteiger partial charge is 0.335 e. The molecule has 1 aliphatic heterocycles. The molecule has 0 bridgehead atoms. The fourth-order valence-electron chi connectivity index (χ4n) is 3.21. The van der Waals surface area contributed by atoms with E-state index in [2.05, 4.69) is 15.6 Å². The Bertz CT molecular complexity index is 1300. The number of carbonyl (C=O) groups is 2. The summed E-state index contributed by atoms with van der Waals surface area (Å²) in [7, 11) is 0. The Morgan fingerprint density at radius 2 is 1.84 bits per heavy atom. The van der Waals surface area contributed by atoms with E-state index >= 15 is 0 Å². The SMILES string of the molecule is CC1=NN(c2cccc(F)c2)C(=O)/C1=N\Nc1cccc(-c2cccc(C(=O)O)c2)c1O. The highest BCUT2D eigenvalue weighted by atomic mass is 19.1. The molecule has 0 saturated carbocycles. The van der Waals surface area contributed by atoms with Gasteiger partial charge >= 0.3 is 11.9 Å². The largest absolute Gasteiger partial charge is 0.505 e. The summed E-state index contributed by atoms with van der Waals surface area (Å²) in [5, 5.41) is 29.2. The fourth-order valence-corrected chi connectivity index (χ4v) is 3.21. The average molecular weight is 432 g/mol. The fraction of sp³-hybridized carbons (Fsp3) is 0.0435. The Labute approximate surface area is 181 Å². The lowest BCUT2D eigenvalue weighted by Crippen LogP contribution is -2.28. The number of phenolic OH excluding ortho intramolecular Hbond substituents is 1. The molecule has 3 N–H and O–H groups in total. The van der Waals surface area contributed by atoms with Crippen LogP contribution in [0.25, 0.3) is 11.1 Å². The molecule has 0 spiro atoms. The zero-order valence-electron chi connectivity index (χ0n) is 16.8. The van der Waals surface area contributed by atoms with Crippen LogP contribution in [0.3, 0.4) is 0 Å². The number of hydrazone groups is 2. The van der Waals surface area contributed by atoms with Crippen LogP contribution in [0.1, 0.15) is 17.3 Å². The molecule has 4 rings (SSSR count). The lowest BCUT2D eigenvalue weighted by molar-refractivity contribution is -0.112. The van der Waals surface area contributed by atoms with Crippen LogP contribution in [0.5, 0.6) is 5.75 Å². The maximum atomic E-state index is 13.5. The summed E-state index contributed by atoms with van der Waals surface area (Å²) in [6, 6.07) is 16.5. The number of carboxylic acid groups (broad SMARTS) is 1. The molecular formula is C23H17FN4O4. The standard InChI is InChI=1S/C23H17FN4O4/c1-13-20(22(30)28(27-13)17-8-3-7-16(24)12-17)26-25-19-10-4-9-18(21(19)29)14-5-2-6-15(11-14)23(31)32/h2-12,25,29H,1H3,(H,31,32)/b26-20-. The van der Waals surface area contributed by atoms with Gasteiger partial charge in [0, 0.05) is 5.56 Å². The lowest BCUT2D eigenvalue weighted by Gasteiger charge is -2.12. The van der Waals surface area contributed by atoms with Gasteiger partial charge in [-0.3, -0.25) is 10.2 Å². The van der Waals surface area contributed by atoms with Gasteiger partial charge in [-0.15, -0.1) is 0 Å². The second kappa shape index (κ2) is 8.31. The monoisotopic (exact) mass is 432 g/mol. The molecule has 1 amide bonds. The van der Waals surface area contributed by atoms with Gasteiger partial charge in [0.05, 0.1) is 22.6 Å². The molecule has 9 heteroatoms. The molecule has 8 nitrogen and oxygen atoms in total. The van der Waals surface area contributed by atoms with Gasteiger partial charge in [-0.2, -0.15) is 15.2 Å². The van der Waals surface area contributed by atoms with Gasteiger partial charge in [0.15, 0.2) is 5.71 Å². The molecule has 0 unspecified atom stereocenters. The summed E-state index contributed by atoms with van der Waals surface area (Å²) in [6.45, 7) is 1.59. The first-order valence-corrected chi connectivity index (χ1v) is 9.50.